The topological polar surface area (TPSA) is 108 Å². The molecule has 1 heterocycles. The van der Waals surface area contributed by atoms with Gasteiger partial charge in [-0.05, 0) is 60.9 Å². The normalized spacial score (nSPS) is 15.0. The van der Waals surface area contributed by atoms with Gasteiger partial charge in [-0.15, -0.1) is 0 Å². The van der Waals surface area contributed by atoms with E-state index in [9.17, 15) is 19.8 Å². The largest absolute Gasteiger partial charge is 1.00 e. The summed E-state index contributed by atoms with van der Waals surface area (Å²) in [5, 5.41) is 24.7. The number of fused-ring (bicyclic) bond motifs is 1. The standard InChI is InChI=1S/C26H23Cl2NO6.Na/c27-17-5-1-15(2-6-17)11-18(14-30)29-25(31)16-3-7-19(8-4-16)35-24-13-23-21(12-22(24)28)20(26(32)33)9-10-34-23;/h1-8,12-13,18,20,30H,9-11,14H2,(H,29,31)(H,32,33);/q;+1/p-1. The first-order chi connectivity index (χ1) is 16.8. The molecule has 7 nitrogen and oxygen atoms in total. The molecule has 1 amide bonds. The summed E-state index contributed by atoms with van der Waals surface area (Å²) in [4.78, 5) is 24.0. The Bertz CT molecular complexity index is 1220. The first kappa shape index (κ1) is 28.3. The predicted octanol–water partition coefficient (Wildman–Crippen LogP) is 0.739. The molecule has 2 atom stereocenters. The third-order valence-corrected chi connectivity index (χ3v) is 6.23. The Balaban J connectivity index is 0.00000361. The summed E-state index contributed by atoms with van der Waals surface area (Å²) in [6, 6.07) is 16.2. The number of aliphatic hydroxyl groups excluding tert-OH is 1. The molecule has 0 aromatic heterocycles. The van der Waals surface area contributed by atoms with Crippen LogP contribution < -0.4 is 49.5 Å². The van der Waals surface area contributed by atoms with Gasteiger partial charge in [-0.2, -0.15) is 0 Å². The molecule has 0 saturated carbocycles. The minimum absolute atomic E-state index is 0. The van der Waals surface area contributed by atoms with Crippen LogP contribution in [0.15, 0.2) is 60.7 Å². The van der Waals surface area contributed by atoms with E-state index >= 15 is 0 Å². The Morgan fingerprint density at radius 1 is 1.11 bits per heavy atom. The van der Waals surface area contributed by atoms with Gasteiger partial charge in [0.15, 0.2) is 0 Å². The van der Waals surface area contributed by atoms with Gasteiger partial charge >= 0.3 is 29.6 Å². The van der Waals surface area contributed by atoms with Gasteiger partial charge in [0.2, 0.25) is 0 Å². The van der Waals surface area contributed by atoms with Crippen LogP contribution in [0, 0.1) is 0 Å². The van der Waals surface area contributed by atoms with Crippen molar-refractivity contribution < 1.29 is 58.8 Å². The smallest absolute Gasteiger partial charge is 0.549 e. The van der Waals surface area contributed by atoms with Crippen LogP contribution >= 0.6 is 23.2 Å². The van der Waals surface area contributed by atoms with E-state index in [2.05, 4.69) is 5.32 Å². The van der Waals surface area contributed by atoms with Crippen molar-refractivity contribution in [2.75, 3.05) is 13.2 Å². The van der Waals surface area contributed by atoms with Gasteiger partial charge in [0.25, 0.3) is 5.91 Å². The van der Waals surface area contributed by atoms with Crippen molar-refractivity contribution in [3.8, 4) is 17.2 Å². The number of hydrogen-bond acceptors (Lipinski definition) is 6. The van der Waals surface area contributed by atoms with Crippen molar-refractivity contribution in [3.05, 3.63) is 87.4 Å². The van der Waals surface area contributed by atoms with E-state index in [1.165, 1.54) is 6.07 Å². The van der Waals surface area contributed by atoms with E-state index in [4.69, 9.17) is 32.7 Å². The van der Waals surface area contributed by atoms with E-state index in [1.807, 2.05) is 12.1 Å². The van der Waals surface area contributed by atoms with Crippen molar-refractivity contribution in [1.82, 2.24) is 5.32 Å². The van der Waals surface area contributed by atoms with Crippen molar-refractivity contribution >= 4 is 35.1 Å². The van der Waals surface area contributed by atoms with E-state index in [0.29, 0.717) is 46.2 Å². The molecular weight excluding hydrogens is 516 g/mol. The fourth-order valence-electron chi connectivity index (χ4n) is 3.85. The number of halogens is 2. The Morgan fingerprint density at radius 2 is 1.81 bits per heavy atom. The van der Waals surface area contributed by atoms with Gasteiger partial charge < -0.3 is 29.8 Å². The number of aliphatic carboxylic acids is 1. The number of carbonyl (C=O) groups excluding carboxylic acids is 2. The van der Waals surface area contributed by atoms with Crippen LogP contribution in [0.4, 0.5) is 0 Å². The maximum atomic E-state index is 12.7. The minimum Gasteiger partial charge on any atom is -0.549 e. The van der Waals surface area contributed by atoms with Gasteiger partial charge in [0, 0.05) is 34.1 Å². The number of nitrogens with one attached hydrogen (secondary N) is 1. The summed E-state index contributed by atoms with van der Waals surface area (Å²) in [5.41, 5.74) is 1.79. The predicted molar refractivity (Wildman–Crippen MR) is 129 cm³/mol. The van der Waals surface area contributed by atoms with Crippen molar-refractivity contribution in [2.24, 2.45) is 0 Å². The van der Waals surface area contributed by atoms with Crippen LogP contribution in [0.3, 0.4) is 0 Å². The van der Waals surface area contributed by atoms with Gasteiger partial charge in [0.05, 0.1) is 24.3 Å². The Morgan fingerprint density at radius 3 is 2.44 bits per heavy atom. The molecule has 0 fully saturated rings. The quantitative estimate of drug-likeness (QED) is 0.410. The van der Waals surface area contributed by atoms with Crippen LogP contribution in [0.25, 0.3) is 0 Å². The molecule has 0 bridgehead atoms. The van der Waals surface area contributed by atoms with Gasteiger partial charge in [-0.3, -0.25) is 4.79 Å². The number of benzene rings is 3. The molecule has 10 heteroatoms. The molecule has 1 aliphatic heterocycles. The molecule has 2 unspecified atom stereocenters. The van der Waals surface area contributed by atoms with Gasteiger partial charge in [-0.1, -0.05) is 35.3 Å². The Labute approximate surface area is 240 Å². The zero-order valence-corrected chi connectivity index (χ0v) is 23.0. The summed E-state index contributed by atoms with van der Waals surface area (Å²) in [6.07, 6.45) is 0.768. The van der Waals surface area contributed by atoms with Crippen LogP contribution in [-0.2, 0) is 11.2 Å². The number of carboxylic acids is 1. The molecule has 2 N–H and O–H groups in total. The zero-order valence-electron chi connectivity index (χ0n) is 19.5. The second kappa shape index (κ2) is 12.8. The second-order valence-electron chi connectivity index (χ2n) is 8.14. The molecule has 1 aliphatic rings. The first-order valence-electron chi connectivity index (χ1n) is 10.9. The molecule has 3 aromatic rings. The molecule has 36 heavy (non-hydrogen) atoms. The van der Waals surface area contributed by atoms with E-state index in [0.717, 1.165) is 5.56 Å². The summed E-state index contributed by atoms with van der Waals surface area (Å²) < 4.78 is 11.4. The van der Waals surface area contributed by atoms with Crippen molar-refractivity contribution in [2.45, 2.75) is 24.8 Å². The monoisotopic (exact) mass is 537 g/mol. The van der Waals surface area contributed by atoms with Crippen LogP contribution in [0.1, 0.15) is 33.8 Å². The van der Waals surface area contributed by atoms with Gasteiger partial charge in [0.1, 0.15) is 17.2 Å². The molecule has 182 valence electrons. The van der Waals surface area contributed by atoms with E-state index in [1.54, 1.807) is 42.5 Å². The van der Waals surface area contributed by atoms with Gasteiger partial charge in [-0.25, -0.2) is 0 Å². The fraction of sp³-hybridized carbons (Fsp3) is 0.231. The second-order valence-corrected chi connectivity index (χ2v) is 8.98. The Kier molecular flexibility index (Phi) is 10.1. The number of amides is 1. The Hall–Kier alpha value is -2.26. The van der Waals surface area contributed by atoms with Crippen molar-refractivity contribution in [3.63, 3.8) is 0 Å². The number of hydrogen-bond donors (Lipinski definition) is 2. The average Bonchev–Trinajstić information content (AvgIpc) is 2.85. The third kappa shape index (κ3) is 6.94. The summed E-state index contributed by atoms with van der Waals surface area (Å²) in [7, 11) is 0. The van der Waals surface area contributed by atoms with Crippen molar-refractivity contribution in [1.29, 1.82) is 0 Å². The SMILES string of the molecule is O=C(NC(CO)Cc1ccc(Cl)cc1)c1ccc(Oc2cc3c(cc2Cl)C(C(=O)[O-])CCO3)cc1.[Na+]. The average molecular weight is 538 g/mol. The number of carboxylic acid groups (broad SMARTS) is 1. The molecule has 0 aliphatic carbocycles. The third-order valence-electron chi connectivity index (χ3n) is 5.68. The first-order valence-corrected chi connectivity index (χ1v) is 11.7. The van der Waals surface area contributed by atoms with Crippen LogP contribution in [0.5, 0.6) is 17.2 Å². The molecule has 0 radical (unpaired) electrons. The molecule has 3 aromatic carbocycles. The number of aliphatic hydroxyl groups is 1. The van der Waals surface area contributed by atoms with Crippen LogP contribution in [0.2, 0.25) is 10.0 Å². The molecule has 0 spiro atoms. The number of carbonyl (C=O) groups is 2. The summed E-state index contributed by atoms with van der Waals surface area (Å²) in [5.74, 6) is -1.19. The maximum absolute atomic E-state index is 12.7. The molecular formula is C26H22Cl2NNaO6. The molecule has 4 rings (SSSR count). The number of ether oxygens (including phenoxy) is 2. The van der Waals surface area contributed by atoms with E-state index in [-0.39, 0.29) is 53.7 Å². The van der Waals surface area contributed by atoms with Crippen LogP contribution in [-0.4, -0.2) is 36.2 Å². The summed E-state index contributed by atoms with van der Waals surface area (Å²) in [6.45, 7) is 0.0383. The molecule has 0 saturated heterocycles. The summed E-state index contributed by atoms with van der Waals surface area (Å²) >= 11 is 12.2. The zero-order chi connectivity index (χ0) is 24.9. The minimum atomic E-state index is -1.18. The maximum Gasteiger partial charge on any atom is 1.00 e. The van der Waals surface area contributed by atoms with E-state index < -0.39 is 17.9 Å². The number of rotatable bonds is 8. The fourth-order valence-corrected chi connectivity index (χ4v) is 4.19.